The number of aliphatic carboxylic acids is 2. The number of carboxylic acids is 2. The van der Waals surface area contributed by atoms with Crippen LogP contribution in [0.4, 0.5) is 4.79 Å². The van der Waals surface area contributed by atoms with Crippen molar-refractivity contribution in [3.05, 3.63) is 28.5 Å². The van der Waals surface area contributed by atoms with Crippen molar-refractivity contribution in [1.82, 2.24) is 10.3 Å². The number of carbonyl (C=O) groups excluding carboxylic acids is 1. The zero-order valence-corrected chi connectivity index (χ0v) is 15.7. The van der Waals surface area contributed by atoms with Crippen LogP contribution in [0.2, 0.25) is 0 Å². The summed E-state index contributed by atoms with van der Waals surface area (Å²) in [6, 6.07) is 1.98. The first-order chi connectivity index (χ1) is 11.5. The summed E-state index contributed by atoms with van der Waals surface area (Å²) in [6.45, 7) is 4.92. The third-order valence-electron chi connectivity index (χ3n) is 3.10. The predicted octanol–water partition coefficient (Wildman–Crippen LogP) is 2.46. The Bertz CT molecular complexity index is 627. The number of rotatable bonds is 7. The van der Waals surface area contributed by atoms with Gasteiger partial charge in [-0.1, -0.05) is 0 Å². The molecule has 0 saturated heterocycles. The number of aromatic nitrogens is 1. The highest BCUT2D eigenvalue weighted by Crippen LogP contribution is 2.16. The first kappa shape index (κ1) is 20.9. The first-order valence-electron chi connectivity index (χ1n) is 7.53. The monoisotopic (exact) mass is 416 g/mol. The highest BCUT2D eigenvalue weighted by atomic mass is 79.9. The Kier molecular flexibility index (Phi) is 7.35. The van der Waals surface area contributed by atoms with E-state index in [1.807, 2.05) is 0 Å². The number of carbonyl (C=O) groups is 3. The molecule has 0 saturated carbocycles. The number of halogens is 1. The molecule has 8 nitrogen and oxygen atoms in total. The van der Waals surface area contributed by atoms with Gasteiger partial charge in [0, 0.05) is 22.8 Å². The van der Waals surface area contributed by atoms with Gasteiger partial charge in [-0.2, -0.15) is 0 Å². The maximum atomic E-state index is 11.8. The number of pyridine rings is 1. The molecule has 0 bridgehead atoms. The van der Waals surface area contributed by atoms with Crippen LogP contribution in [-0.2, 0) is 20.7 Å². The molecule has 1 amide bonds. The molecule has 0 aliphatic carbocycles. The van der Waals surface area contributed by atoms with Crippen LogP contribution in [-0.4, -0.2) is 44.9 Å². The van der Waals surface area contributed by atoms with Gasteiger partial charge in [0.2, 0.25) is 0 Å². The lowest BCUT2D eigenvalue weighted by atomic mass is 9.94. The molecule has 1 heterocycles. The molecule has 2 atom stereocenters. The summed E-state index contributed by atoms with van der Waals surface area (Å²) in [4.78, 5) is 38.7. The number of ether oxygens (including phenoxy) is 1. The van der Waals surface area contributed by atoms with Crippen LogP contribution < -0.4 is 5.32 Å². The third-order valence-corrected chi connectivity index (χ3v) is 3.57. The minimum atomic E-state index is -1.38. The van der Waals surface area contributed by atoms with E-state index < -0.39 is 35.6 Å². The number of nitrogens with zero attached hydrogens (tertiary/aromatic N) is 1. The van der Waals surface area contributed by atoms with E-state index in [4.69, 9.17) is 4.74 Å². The van der Waals surface area contributed by atoms with E-state index in [1.54, 1.807) is 32.9 Å². The van der Waals surface area contributed by atoms with E-state index in [0.29, 0.717) is 5.69 Å². The highest BCUT2D eigenvalue weighted by molar-refractivity contribution is 9.10. The molecule has 0 aliphatic heterocycles. The summed E-state index contributed by atoms with van der Waals surface area (Å²) < 4.78 is 5.76. The Morgan fingerprint density at radius 3 is 2.32 bits per heavy atom. The van der Waals surface area contributed by atoms with Gasteiger partial charge in [0.05, 0.1) is 5.92 Å². The highest BCUT2D eigenvalue weighted by Gasteiger charge is 2.30. The average Bonchev–Trinajstić information content (AvgIpc) is 2.45. The minimum Gasteiger partial charge on any atom is -0.481 e. The van der Waals surface area contributed by atoms with Gasteiger partial charge in [-0.05, 0) is 55.3 Å². The normalized spacial score (nSPS) is 13.6. The van der Waals surface area contributed by atoms with Crippen LogP contribution in [0.15, 0.2) is 22.8 Å². The van der Waals surface area contributed by atoms with Gasteiger partial charge < -0.3 is 20.3 Å². The Morgan fingerprint density at radius 2 is 1.88 bits per heavy atom. The van der Waals surface area contributed by atoms with Gasteiger partial charge in [-0.15, -0.1) is 0 Å². The maximum Gasteiger partial charge on any atom is 0.408 e. The molecule has 0 aliphatic rings. The van der Waals surface area contributed by atoms with Crippen molar-refractivity contribution in [2.75, 3.05) is 0 Å². The second kappa shape index (κ2) is 8.80. The van der Waals surface area contributed by atoms with Gasteiger partial charge in [-0.3, -0.25) is 9.78 Å². The Hall–Kier alpha value is -2.16. The van der Waals surface area contributed by atoms with E-state index in [1.165, 1.54) is 6.20 Å². The van der Waals surface area contributed by atoms with Crippen molar-refractivity contribution in [3.8, 4) is 0 Å². The molecule has 1 aromatic rings. The molecular weight excluding hydrogens is 396 g/mol. The van der Waals surface area contributed by atoms with E-state index in [0.717, 1.165) is 4.47 Å². The van der Waals surface area contributed by atoms with Crippen LogP contribution in [0.25, 0.3) is 0 Å². The Labute approximate surface area is 153 Å². The van der Waals surface area contributed by atoms with Crippen molar-refractivity contribution in [2.45, 2.75) is 45.3 Å². The lowest BCUT2D eigenvalue weighted by Crippen LogP contribution is -2.45. The van der Waals surface area contributed by atoms with Crippen molar-refractivity contribution in [3.63, 3.8) is 0 Å². The predicted molar refractivity (Wildman–Crippen MR) is 92.2 cm³/mol. The maximum absolute atomic E-state index is 11.8. The first-order valence-corrected chi connectivity index (χ1v) is 8.33. The number of carboxylic acid groups (broad SMARTS) is 2. The Balaban J connectivity index is 2.80. The summed E-state index contributed by atoms with van der Waals surface area (Å²) in [5, 5.41) is 20.8. The molecule has 9 heteroatoms. The standard InChI is InChI=1S/C16H21BrN2O6/c1-16(2,3)25-15(24)19-12(14(22)23)7-9(13(20)21)6-11-5-4-10(17)8-18-11/h4-5,8-9,12H,6-7H2,1-3H3,(H,19,24)(H,20,21)(H,22,23)/t9-,12-/m0/s1. The molecule has 0 spiro atoms. The van der Waals surface area contributed by atoms with Crippen molar-refractivity contribution < 1.29 is 29.3 Å². The van der Waals surface area contributed by atoms with Crippen LogP contribution >= 0.6 is 15.9 Å². The fraction of sp³-hybridized carbons (Fsp3) is 0.500. The van der Waals surface area contributed by atoms with Crippen LogP contribution in [0, 0.1) is 5.92 Å². The molecule has 0 radical (unpaired) electrons. The fourth-order valence-electron chi connectivity index (χ4n) is 2.01. The van der Waals surface area contributed by atoms with Gasteiger partial charge in [0.1, 0.15) is 11.6 Å². The second-order valence-electron chi connectivity index (χ2n) is 6.48. The smallest absolute Gasteiger partial charge is 0.408 e. The third kappa shape index (κ3) is 7.97. The van der Waals surface area contributed by atoms with Gasteiger partial charge >= 0.3 is 18.0 Å². The summed E-state index contributed by atoms with van der Waals surface area (Å²) in [5.74, 6) is -3.52. The zero-order valence-electron chi connectivity index (χ0n) is 14.2. The van der Waals surface area contributed by atoms with Gasteiger partial charge in [0.25, 0.3) is 0 Å². The molecule has 0 unspecified atom stereocenters. The number of hydrogen-bond donors (Lipinski definition) is 3. The Morgan fingerprint density at radius 1 is 1.24 bits per heavy atom. The molecular formula is C16H21BrN2O6. The lowest BCUT2D eigenvalue weighted by molar-refractivity contribution is -0.144. The van der Waals surface area contributed by atoms with Gasteiger partial charge in [0.15, 0.2) is 0 Å². The number of hydrogen-bond acceptors (Lipinski definition) is 5. The number of amides is 1. The van der Waals surface area contributed by atoms with Crippen molar-refractivity contribution in [1.29, 1.82) is 0 Å². The van der Waals surface area contributed by atoms with Crippen molar-refractivity contribution >= 4 is 34.0 Å². The van der Waals surface area contributed by atoms with E-state index in [2.05, 4.69) is 26.2 Å². The molecule has 3 N–H and O–H groups in total. The van der Waals surface area contributed by atoms with Crippen LogP contribution in [0.5, 0.6) is 0 Å². The zero-order chi connectivity index (χ0) is 19.2. The summed E-state index contributed by atoms with van der Waals surface area (Å²) in [6.07, 6.45) is 0.372. The molecule has 25 heavy (non-hydrogen) atoms. The average molecular weight is 417 g/mol. The van der Waals surface area contributed by atoms with Crippen LogP contribution in [0.1, 0.15) is 32.9 Å². The van der Waals surface area contributed by atoms with E-state index in [9.17, 15) is 24.6 Å². The van der Waals surface area contributed by atoms with E-state index >= 15 is 0 Å². The number of nitrogens with one attached hydrogen (secondary N) is 1. The van der Waals surface area contributed by atoms with Crippen molar-refractivity contribution in [2.24, 2.45) is 5.92 Å². The lowest BCUT2D eigenvalue weighted by Gasteiger charge is -2.23. The minimum absolute atomic E-state index is 0.0440. The topological polar surface area (TPSA) is 126 Å². The number of alkyl carbamates (subject to hydrolysis) is 1. The fourth-order valence-corrected chi connectivity index (χ4v) is 2.24. The molecule has 0 fully saturated rings. The van der Waals surface area contributed by atoms with Crippen LogP contribution in [0.3, 0.4) is 0 Å². The molecule has 0 aromatic carbocycles. The van der Waals surface area contributed by atoms with Gasteiger partial charge in [-0.25, -0.2) is 9.59 Å². The summed E-state index contributed by atoms with van der Waals surface area (Å²) in [7, 11) is 0. The SMILES string of the molecule is CC(C)(C)OC(=O)N[C@@H](C[C@H](Cc1ccc(Br)cn1)C(=O)O)C(=O)O. The molecule has 138 valence electrons. The quantitative estimate of drug-likeness (QED) is 0.622. The van der Waals surface area contributed by atoms with E-state index in [-0.39, 0.29) is 12.8 Å². The molecule has 1 rings (SSSR count). The summed E-state index contributed by atoms with van der Waals surface area (Å²) >= 11 is 3.23. The largest absolute Gasteiger partial charge is 0.481 e. The second-order valence-corrected chi connectivity index (χ2v) is 7.40. The molecule has 1 aromatic heterocycles. The summed E-state index contributed by atoms with van der Waals surface area (Å²) in [5.41, 5.74) is -0.280.